The number of epoxide rings is 1. The number of carbonyl (C=O) groups excluding carboxylic acids is 1. The normalized spacial score (nSPS) is 35.0. The van der Waals surface area contributed by atoms with Crippen molar-refractivity contribution in [1.29, 1.82) is 0 Å². The molecule has 2 unspecified atom stereocenters. The van der Waals surface area contributed by atoms with Crippen molar-refractivity contribution in [2.75, 3.05) is 26.2 Å². The van der Waals surface area contributed by atoms with E-state index < -0.39 is 0 Å². The fourth-order valence-corrected chi connectivity index (χ4v) is 5.19. The molecule has 0 aromatic heterocycles. The molecule has 0 aromatic carbocycles. The number of ether oxygens (including phenoxy) is 1. The average molecular weight is 504 g/mol. The Bertz CT molecular complexity index is 377. The predicted molar refractivity (Wildman–Crippen MR) is 94.9 cm³/mol. The molecular weight excluding hydrogens is 482 g/mol. The molecule has 6 heteroatoms. The van der Waals surface area contributed by atoms with Crippen LogP contribution in [0.25, 0.3) is 0 Å². The number of alkyl halides is 1. The van der Waals surface area contributed by atoms with Gasteiger partial charge in [-0.2, -0.15) is 0 Å². The molecule has 2 atom stereocenters. The van der Waals surface area contributed by atoms with Gasteiger partial charge in [-0.05, 0) is 48.3 Å². The molecular formula is C14H22I2N2O2. The van der Waals surface area contributed by atoms with Crippen molar-refractivity contribution in [3.8, 4) is 0 Å². The maximum absolute atomic E-state index is 12.6. The standard InChI is InChI=1S/C14H22I2N2O2/c1-14(11-12(15)20-11)4-8-17(9-5-14)13(19)10-2-6-18(16)7-3-10/h10-12H,2-9H2,1H3. The number of halogens is 2. The third-order valence-electron chi connectivity index (χ3n) is 5.13. The van der Waals surface area contributed by atoms with Crippen LogP contribution in [-0.2, 0) is 9.53 Å². The van der Waals surface area contributed by atoms with Crippen molar-refractivity contribution in [3.63, 3.8) is 0 Å². The van der Waals surface area contributed by atoms with Crippen molar-refractivity contribution in [1.82, 2.24) is 8.01 Å². The van der Waals surface area contributed by atoms with Crippen molar-refractivity contribution >= 4 is 51.4 Å². The van der Waals surface area contributed by atoms with Crippen LogP contribution in [0.1, 0.15) is 32.6 Å². The first-order valence-electron chi connectivity index (χ1n) is 7.49. The summed E-state index contributed by atoms with van der Waals surface area (Å²) in [6.07, 6.45) is 4.65. The van der Waals surface area contributed by atoms with E-state index in [9.17, 15) is 4.79 Å². The summed E-state index contributed by atoms with van der Waals surface area (Å²) >= 11 is 4.74. The van der Waals surface area contributed by atoms with Gasteiger partial charge in [-0.1, -0.05) is 6.92 Å². The minimum absolute atomic E-state index is 0.264. The van der Waals surface area contributed by atoms with Gasteiger partial charge in [-0.25, -0.2) is 3.11 Å². The van der Waals surface area contributed by atoms with Gasteiger partial charge in [0.1, 0.15) is 4.11 Å². The summed E-state index contributed by atoms with van der Waals surface area (Å²) in [4.78, 5) is 14.7. The summed E-state index contributed by atoms with van der Waals surface area (Å²) in [7, 11) is 0. The van der Waals surface area contributed by atoms with E-state index in [0.29, 0.717) is 16.1 Å². The molecule has 1 amide bonds. The summed E-state index contributed by atoms with van der Waals surface area (Å²) in [6.45, 7) is 6.27. The molecule has 0 radical (unpaired) electrons. The summed E-state index contributed by atoms with van der Waals surface area (Å²) in [6, 6.07) is 0. The molecule has 3 heterocycles. The second-order valence-corrected chi connectivity index (χ2v) is 9.16. The van der Waals surface area contributed by atoms with E-state index >= 15 is 0 Å². The van der Waals surface area contributed by atoms with E-state index in [0.717, 1.165) is 51.9 Å². The van der Waals surface area contributed by atoms with Gasteiger partial charge >= 0.3 is 0 Å². The first-order valence-corrected chi connectivity index (χ1v) is 9.70. The first-order chi connectivity index (χ1) is 9.49. The van der Waals surface area contributed by atoms with Crippen molar-refractivity contribution in [3.05, 3.63) is 0 Å². The third-order valence-corrected chi connectivity index (χ3v) is 7.04. The van der Waals surface area contributed by atoms with Crippen LogP contribution in [0.4, 0.5) is 0 Å². The fourth-order valence-electron chi connectivity index (χ4n) is 3.45. The molecule has 0 aliphatic carbocycles. The molecule has 0 aromatic rings. The molecule has 3 rings (SSSR count). The predicted octanol–water partition coefficient (Wildman–Crippen LogP) is 2.84. The van der Waals surface area contributed by atoms with Crippen LogP contribution >= 0.6 is 45.5 Å². The molecule has 4 nitrogen and oxygen atoms in total. The van der Waals surface area contributed by atoms with Crippen molar-refractivity contribution in [2.24, 2.45) is 11.3 Å². The molecule has 3 aliphatic heterocycles. The maximum Gasteiger partial charge on any atom is 0.225 e. The topological polar surface area (TPSA) is 36.1 Å². The lowest BCUT2D eigenvalue weighted by Crippen LogP contribution is -2.47. The van der Waals surface area contributed by atoms with Crippen molar-refractivity contribution in [2.45, 2.75) is 42.8 Å². The van der Waals surface area contributed by atoms with Gasteiger partial charge in [0.25, 0.3) is 0 Å². The SMILES string of the molecule is CC1(C2OC2I)CCN(C(=O)C2CCN(I)CC2)CC1. The average Bonchev–Trinajstić information content (AvgIpc) is 3.18. The lowest BCUT2D eigenvalue weighted by Gasteiger charge is -2.40. The molecule has 3 fully saturated rings. The molecule has 20 heavy (non-hydrogen) atoms. The summed E-state index contributed by atoms with van der Waals surface area (Å²) in [5.74, 6) is 0.666. The molecule has 0 bridgehead atoms. The Balaban J connectivity index is 1.51. The smallest absolute Gasteiger partial charge is 0.225 e. The van der Waals surface area contributed by atoms with Crippen LogP contribution in [0, 0.1) is 11.3 Å². The molecule has 0 N–H and O–H groups in total. The largest absolute Gasteiger partial charge is 0.358 e. The summed E-state index contributed by atoms with van der Waals surface area (Å²) in [5.41, 5.74) is 0.286. The quantitative estimate of drug-likeness (QED) is 0.251. The van der Waals surface area contributed by atoms with E-state index in [1.807, 2.05) is 0 Å². The van der Waals surface area contributed by atoms with Gasteiger partial charge in [0, 0.05) is 60.4 Å². The molecule has 3 aliphatic rings. The highest BCUT2D eigenvalue weighted by molar-refractivity contribution is 14.1. The second kappa shape index (κ2) is 6.16. The van der Waals surface area contributed by atoms with Crippen LogP contribution in [-0.4, -0.2) is 50.3 Å². The number of hydrogen-bond donors (Lipinski definition) is 0. The number of nitrogens with zero attached hydrogens (tertiary/aromatic N) is 2. The zero-order chi connectivity index (χ0) is 14.3. The van der Waals surface area contributed by atoms with E-state index in [-0.39, 0.29) is 11.3 Å². The van der Waals surface area contributed by atoms with E-state index in [4.69, 9.17) is 4.74 Å². The molecule has 0 spiro atoms. The molecule has 3 saturated heterocycles. The zero-order valence-electron chi connectivity index (χ0n) is 11.9. The number of hydrogen-bond acceptors (Lipinski definition) is 3. The van der Waals surface area contributed by atoms with Gasteiger partial charge in [0.2, 0.25) is 5.91 Å². The lowest BCUT2D eigenvalue weighted by molar-refractivity contribution is -0.139. The van der Waals surface area contributed by atoms with Gasteiger partial charge in [0.15, 0.2) is 0 Å². The first kappa shape index (κ1) is 15.7. The van der Waals surface area contributed by atoms with E-state index in [1.54, 1.807) is 0 Å². The zero-order valence-corrected chi connectivity index (χ0v) is 16.2. The Morgan fingerprint density at radius 2 is 1.75 bits per heavy atom. The third kappa shape index (κ3) is 3.27. The number of carbonyl (C=O) groups is 1. The number of amides is 1. The van der Waals surface area contributed by atoms with Gasteiger partial charge in [-0.3, -0.25) is 4.79 Å². The highest BCUT2D eigenvalue weighted by atomic mass is 127. The number of piperidine rings is 2. The van der Waals surface area contributed by atoms with E-state index in [1.165, 1.54) is 0 Å². The van der Waals surface area contributed by atoms with Crippen LogP contribution in [0.15, 0.2) is 0 Å². The minimum atomic E-state index is 0.264. The number of likely N-dealkylation sites (tertiary alicyclic amines) is 1. The van der Waals surface area contributed by atoms with Gasteiger partial charge in [-0.15, -0.1) is 0 Å². The number of rotatable bonds is 2. The summed E-state index contributed by atoms with van der Waals surface area (Å²) < 4.78 is 8.35. The van der Waals surface area contributed by atoms with Gasteiger partial charge < -0.3 is 9.64 Å². The second-order valence-electron chi connectivity index (χ2n) is 6.57. The summed E-state index contributed by atoms with van der Waals surface area (Å²) in [5, 5.41) is 0. The Kier molecular flexibility index (Phi) is 4.84. The molecule has 114 valence electrons. The highest BCUT2D eigenvalue weighted by Gasteiger charge is 2.52. The fraction of sp³-hybridized carbons (Fsp3) is 0.929. The minimum Gasteiger partial charge on any atom is -0.358 e. The monoisotopic (exact) mass is 504 g/mol. The maximum atomic E-state index is 12.6. The Morgan fingerprint density at radius 3 is 2.25 bits per heavy atom. The highest BCUT2D eigenvalue weighted by Crippen LogP contribution is 2.48. The Labute approximate surface area is 148 Å². The van der Waals surface area contributed by atoms with Crippen molar-refractivity contribution < 1.29 is 9.53 Å². The van der Waals surface area contributed by atoms with Gasteiger partial charge in [0.05, 0.1) is 6.10 Å². The van der Waals surface area contributed by atoms with Crippen LogP contribution in [0.5, 0.6) is 0 Å². The Morgan fingerprint density at radius 1 is 1.20 bits per heavy atom. The van der Waals surface area contributed by atoms with E-state index in [2.05, 4.69) is 60.4 Å². The van der Waals surface area contributed by atoms with Crippen LogP contribution in [0.2, 0.25) is 0 Å². The Hall–Kier alpha value is 0.850. The molecule has 0 saturated carbocycles. The van der Waals surface area contributed by atoms with Crippen LogP contribution < -0.4 is 0 Å². The lowest BCUT2D eigenvalue weighted by atomic mass is 9.77. The van der Waals surface area contributed by atoms with Crippen LogP contribution in [0.3, 0.4) is 0 Å².